The second-order valence-corrected chi connectivity index (χ2v) is 6.83. The van der Waals surface area contributed by atoms with Crippen LogP contribution in [0, 0.1) is 0 Å². The van der Waals surface area contributed by atoms with E-state index in [9.17, 15) is 21.6 Å². The summed E-state index contributed by atoms with van der Waals surface area (Å²) in [5.41, 5.74) is 0. The first-order chi connectivity index (χ1) is 7.85. The number of aromatic nitrogens is 1. The molecule has 94 valence electrons. The van der Waals surface area contributed by atoms with E-state index in [-0.39, 0.29) is 12.2 Å². The van der Waals surface area contributed by atoms with Gasteiger partial charge in [-0.2, -0.15) is 8.42 Å². The van der Waals surface area contributed by atoms with Crippen molar-refractivity contribution in [3.05, 3.63) is 18.3 Å². The quantitative estimate of drug-likeness (QED) is 0.714. The zero-order valence-electron chi connectivity index (χ0n) is 8.82. The largest absolute Gasteiger partial charge is 0.282 e. The molecule has 1 heterocycles. The summed E-state index contributed by atoms with van der Waals surface area (Å²) in [4.78, 5) is 13.2. The van der Waals surface area contributed by atoms with Crippen LogP contribution in [0.2, 0.25) is 0 Å². The van der Waals surface area contributed by atoms with Gasteiger partial charge in [0.15, 0.2) is 14.9 Å². The SMILES string of the molecule is CCS(=O)(=O)c1cccnc1S(=O)(=O)NC=O. The van der Waals surface area contributed by atoms with E-state index in [4.69, 9.17) is 0 Å². The molecule has 1 N–H and O–H groups in total. The lowest BCUT2D eigenvalue weighted by Gasteiger charge is -2.07. The summed E-state index contributed by atoms with van der Waals surface area (Å²) in [6, 6.07) is 2.44. The fourth-order valence-corrected chi connectivity index (χ4v) is 3.49. The van der Waals surface area contributed by atoms with Crippen molar-refractivity contribution in [3.63, 3.8) is 0 Å². The monoisotopic (exact) mass is 278 g/mol. The van der Waals surface area contributed by atoms with E-state index in [1.165, 1.54) is 17.7 Å². The Morgan fingerprint density at radius 1 is 1.35 bits per heavy atom. The maximum atomic E-state index is 11.7. The Balaban J connectivity index is 3.53. The average Bonchev–Trinajstić information content (AvgIpc) is 2.29. The molecule has 0 aliphatic heterocycles. The Hall–Kier alpha value is -1.48. The standard InChI is InChI=1S/C8H10N2O5S2/c1-2-16(12,13)7-4-3-5-9-8(7)17(14,15)10-6-11/h3-6H,2H2,1H3,(H,10,11). The fraction of sp³-hybridized carbons (Fsp3) is 0.250. The number of rotatable bonds is 5. The highest BCUT2D eigenvalue weighted by atomic mass is 32.2. The third-order valence-electron chi connectivity index (χ3n) is 1.91. The normalized spacial score (nSPS) is 12.1. The highest BCUT2D eigenvalue weighted by Gasteiger charge is 2.26. The zero-order valence-corrected chi connectivity index (χ0v) is 10.5. The molecule has 0 saturated carbocycles. The second kappa shape index (κ2) is 4.80. The number of sulfonamides is 1. The molecule has 9 heteroatoms. The zero-order chi connectivity index (χ0) is 13.1. The molecule has 0 spiro atoms. The van der Waals surface area contributed by atoms with Crippen molar-refractivity contribution in [2.45, 2.75) is 16.8 Å². The average molecular weight is 278 g/mol. The van der Waals surface area contributed by atoms with Gasteiger partial charge >= 0.3 is 0 Å². The maximum absolute atomic E-state index is 11.7. The van der Waals surface area contributed by atoms with Crippen LogP contribution in [-0.4, -0.2) is 34.0 Å². The van der Waals surface area contributed by atoms with Crippen molar-refractivity contribution >= 4 is 26.3 Å². The first-order valence-electron chi connectivity index (χ1n) is 4.49. The van der Waals surface area contributed by atoms with Crippen molar-refractivity contribution in [1.29, 1.82) is 0 Å². The maximum Gasteiger partial charge on any atom is 0.282 e. The lowest BCUT2D eigenvalue weighted by atomic mass is 10.5. The highest BCUT2D eigenvalue weighted by molar-refractivity contribution is 7.93. The summed E-state index contributed by atoms with van der Waals surface area (Å²) in [6.07, 6.45) is 1.08. The third-order valence-corrected chi connectivity index (χ3v) is 5.04. The summed E-state index contributed by atoms with van der Waals surface area (Å²) >= 11 is 0. The van der Waals surface area contributed by atoms with Crippen LogP contribution in [-0.2, 0) is 24.7 Å². The Morgan fingerprint density at radius 2 is 2.00 bits per heavy atom. The first-order valence-corrected chi connectivity index (χ1v) is 7.62. The smallest absolute Gasteiger partial charge is 0.278 e. The van der Waals surface area contributed by atoms with Gasteiger partial charge in [-0.25, -0.2) is 13.4 Å². The van der Waals surface area contributed by atoms with Crippen molar-refractivity contribution in [2.75, 3.05) is 5.75 Å². The number of carbonyl (C=O) groups is 1. The molecule has 0 atom stereocenters. The molecule has 0 fully saturated rings. The Labute approximate surface area is 98.8 Å². The summed E-state index contributed by atoms with van der Waals surface area (Å²) in [6.45, 7) is 1.38. The Bertz CT molecular complexity index is 621. The lowest BCUT2D eigenvalue weighted by Crippen LogP contribution is -2.25. The van der Waals surface area contributed by atoms with Gasteiger partial charge in [0.1, 0.15) is 4.90 Å². The topological polar surface area (TPSA) is 110 Å². The van der Waals surface area contributed by atoms with Gasteiger partial charge in [-0.15, -0.1) is 0 Å². The first kappa shape index (κ1) is 13.6. The minimum atomic E-state index is -4.24. The number of hydrogen-bond donors (Lipinski definition) is 1. The molecule has 0 bridgehead atoms. The molecule has 0 aliphatic rings. The summed E-state index contributed by atoms with van der Waals surface area (Å²) in [5, 5.41) is -0.672. The van der Waals surface area contributed by atoms with E-state index < -0.39 is 29.8 Å². The molecule has 0 radical (unpaired) electrons. The van der Waals surface area contributed by atoms with Crippen LogP contribution in [0.3, 0.4) is 0 Å². The van der Waals surface area contributed by atoms with Crippen molar-refractivity contribution < 1.29 is 21.6 Å². The molecular weight excluding hydrogens is 268 g/mol. The van der Waals surface area contributed by atoms with E-state index >= 15 is 0 Å². The molecular formula is C8H10N2O5S2. The van der Waals surface area contributed by atoms with E-state index in [0.29, 0.717) is 0 Å². The predicted octanol–water partition coefficient (Wildman–Crippen LogP) is -0.690. The van der Waals surface area contributed by atoms with Crippen LogP contribution in [0.5, 0.6) is 0 Å². The third kappa shape index (κ3) is 2.80. The van der Waals surface area contributed by atoms with Gasteiger partial charge in [-0.05, 0) is 12.1 Å². The number of amides is 1. The van der Waals surface area contributed by atoms with E-state index in [0.717, 1.165) is 12.3 Å². The molecule has 1 rings (SSSR count). The van der Waals surface area contributed by atoms with Gasteiger partial charge in [0.25, 0.3) is 10.0 Å². The number of nitrogens with zero attached hydrogens (tertiary/aromatic N) is 1. The van der Waals surface area contributed by atoms with Crippen LogP contribution in [0.25, 0.3) is 0 Å². The molecule has 1 amide bonds. The van der Waals surface area contributed by atoms with E-state index in [1.807, 2.05) is 0 Å². The molecule has 0 aliphatic carbocycles. The van der Waals surface area contributed by atoms with E-state index in [1.54, 1.807) is 0 Å². The Morgan fingerprint density at radius 3 is 2.53 bits per heavy atom. The van der Waals surface area contributed by atoms with Crippen molar-refractivity contribution in [1.82, 2.24) is 9.71 Å². The van der Waals surface area contributed by atoms with Crippen LogP contribution < -0.4 is 4.72 Å². The molecule has 0 saturated heterocycles. The number of sulfone groups is 1. The minimum absolute atomic E-state index is 0.0492. The van der Waals surface area contributed by atoms with Gasteiger partial charge in [0.2, 0.25) is 6.41 Å². The number of pyridine rings is 1. The molecule has 1 aromatic rings. The number of nitrogens with one attached hydrogen (secondary N) is 1. The van der Waals surface area contributed by atoms with Crippen LogP contribution >= 0.6 is 0 Å². The Kier molecular flexibility index (Phi) is 3.83. The van der Waals surface area contributed by atoms with Crippen molar-refractivity contribution in [2.24, 2.45) is 0 Å². The lowest BCUT2D eigenvalue weighted by molar-refractivity contribution is -0.108. The van der Waals surface area contributed by atoms with Crippen LogP contribution in [0.15, 0.2) is 28.3 Å². The highest BCUT2D eigenvalue weighted by Crippen LogP contribution is 2.18. The van der Waals surface area contributed by atoms with Gasteiger partial charge in [0.05, 0.1) is 5.75 Å². The predicted molar refractivity (Wildman–Crippen MR) is 58.3 cm³/mol. The molecule has 0 unspecified atom stereocenters. The van der Waals surface area contributed by atoms with Gasteiger partial charge in [-0.3, -0.25) is 9.52 Å². The number of carbonyl (C=O) groups excluding carboxylic acids is 1. The van der Waals surface area contributed by atoms with E-state index in [2.05, 4.69) is 4.98 Å². The molecule has 0 aromatic carbocycles. The minimum Gasteiger partial charge on any atom is -0.278 e. The fourth-order valence-electron chi connectivity index (χ4n) is 1.09. The summed E-state index contributed by atoms with van der Waals surface area (Å²) < 4.78 is 47.9. The molecule has 7 nitrogen and oxygen atoms in total. The summed E-state index contributed by atoms with van der Waals surface area (Å²) in [5.74, 6) is -0.262. The molecule has 1 aromatic heterocycles. The second-order valence-electron chi connectivity index (χ2n) is 2.95. The van der Waals surface area contributed by atoms with Gasteiger partial charge in [0, 0.05) is 6.20 Å². The molecule has 17 heavy (non-hydrogen) atoms. The van der Waals surface area contributed by atoms with Crippen LogP contribution in [0.1, 0.15) is 6.92 Å². The van der Waals surface area contributed by atoms with Crippen molar-refractivity contribution in [3.8, 4) is 0 Å². The summed E-state index contributed by atoms with van der Waals surface area (Å²) in [7, 11) is -7.97. The van der Waals surface area contributed by atoms with Crippen LogP contribution in [0.4, 0.5) is 0 Å². The van der Waals surface area contributed by atoms with Gasteiger partial charge < -0.3 is 0 Å². The number of hydrogen-bond acceptors (Lipinski definition) is 6. The van der Waals surface area contributed by atoms with Gasteiger partial charge in [-0.1, -0.05) is 6.92 Å².